The van der Waals surface area contributed by atoms with Gasteiger partial charge in [-0.05, 0) is 47.7 Å². The Balaban J connectivity index is 3.15. The summed E-state index contributed by atoms with van der Waals surface area (Å²) in [6.45, 7) is 1.88. The number of benzene rings is 1. The number of halogens is 4. The van der Waals surface area contributed by atoms with Crippen LogP contribution in [0.15, 0.2) is 18.2 Å². The van der Waals surface area contributed by atoms with Gasteiger partial charge >= 0.3 is 6.18 Å². The zero-order valence-electron chi connectivity index (χ0n) is 7.36. The van der Waals surface area contributed by atoms with Crippen LogP contribution < -0.4 is 4.74 Å². The molecule has 0 aliphatic carbocycles. The lowest BCUT2D eigenvalue weighted by Gasteiger charge is -2.12. The molecular weight excluding hydrogens is 308 g/mol. The van der Waals surface area contributed by atoms with E-state index in [0.29, 0.717) is 0 Å². The van der Waals surface area contributed by atoms with Crippen molar-refractivity contribution in [3.05, 3.63) is 27.3 Å². The molecule has 0 saturated heterocycles. The van der Waals surface area contributed by atoms with Crippen molar-refractivity contribution in [2.45, 2.75) is 13.1 Å². The molecule has 0 aliphatic rings. The normalized spacial score (nSPS) is 11.5. The first-order valence-corrected chi connectivity index (χ1v) is 5.02. The standard InChI is InChI=1S/C9H8F3IO/c1-2-14-8-5-6(13)3-4-7(8)9(10,11)12/h3-5H,2H2,1H3. The van der Waals surface area contributed by atoms with Crippen LogP contribution >= 0.6 is 22.6 Å². The summed E-state index contributed by atoms with van der Waals surface area (Å²) in [6, 6.07) is 3.82. The molecule has 0 saturated carbocycles. The van der Waals surface area contributed by atoms with E-state index in [1.807, 2.05) is 22.6 Å². The maximum absolute atomic E-state index is 12.4. The molecule has 14 heavy (non-hydrogen) atoms. The maximum atomic E-state index is 12.4. The maximum Gasteiger partial charge on any atom is 0.419 e. The van der Waals surface area contributed by atoms with Gasteiger partial charge in [-0.25, -0.2) is 0 Å². The molecule has 0 aliphatic heterocycles. The average Bonchev–Trinajstić information content (AvgIpc) is 2.02. The highest BCUT2D eigenvalue weighted by Gasteiger charge is 2.34. The molecule has 0 amide bonds. The first-order chi connectivity index (χ1) is 6.45. The van der Waals surface area contributed by atoms with E-state index >= 15 is 0 Å². The van der Waals surface area contributed by atoms with Gasteiger partial charge in [0.25, 0.3) is 0 Å². The van der Waals surface area contributed by atoms with Crippen molar-refractivity contribution in [2.24, 2.45) is 0 Å². The number of ether oxygens (including phenoxy) is 1. The second-order valence-electron chi connectivity index (χ2n) is 2.57. The van der Waals surface area contributed by atoms with Crippen LogP contribution in [0.3, 0.4) is 0 Å². The molecule has 0 heterocycles. The summed E-state index contributed by atoms with van der Waals surface area (Å²) in [5, 5.41) is 0. The third-order valence-electron chi connectivity index (χ3n) is 1.55. The number of rotatable bonds is 2. The molecule has 0 fully saturated rings. The molecule has 0 radical (unpaired) electrons. The molecule has 0 atom stereocenters. The number of hydrogen-bond donors (Lipinski definition) is 0. The van der Waals surface area contributed by atoms with Gasteiger partial charge in [0.05, 0.1) is 12.2 Å². The molecule has 0 N–H and O–H groups in total. The minimum Gasteiger partial charge on any atom is -0.493 e. The topological polar surface area (TPSA) is 9.23 Å². The van der Waals surface area contributed by atoms with Crippen molar-refractivity contribution in [3.63, 3.8) is 0 Å². The van der Waals surface area contributed by atoms with E-state index in [4.69, 9.17) is 4.74 Å². The van der Waals surface area contributed by atoms with Gasteiger partial charge in [-0.15, -0.1) is 0 Å². The SMILES string of the molecule is CCOc1cc(I)ccc1C(F)(F)F. The minimum atomic E-state index is -4.35. The van der Waals surface area contributed by atoms with Gasteiger partial charge in [-0.1, -0.05) is 0 Å². The fourth-order valence-electron chi connectivity index (χ4n) is 1.01. The third kappa shape index (κ3) is 2.76. The van der Waals surface area contributed by atoms with Crippen molar-refractivity contribution in [2.75, 3.05) is 6.61 Å². The van der Waals surface area contributed by atoms with E-state index in [-0.39, 0.29) is 12.4 Å². The van der Waals surface area contributed by atoms with Crippen molar-refractivity contribution in [1.82, 2.24) is 0 Å². The van der Waals surface area contributed by atoms with Crippen LogP contribution in [-0.2, 0) is 6.18 Å². The Kier molecular flexibility index (Phi) is 3.63. The van der Waals surface area contributed by atoms with Crippen molar-refractivity contribution in [1.29, 1.82) is 0 Å². The zero-order valence-corrected chi connectivity index (χ0v) is 9.52. The minimum absolute atomic E-state index is 0.105. The van der Waals surface area contributed by atoms with Gasteiger partial charge in [-0.3, -0.25) is 0 Å². The smallest absolute Gasteiger partial charge is 0.419 e. The molecule has 0 aromatic heterocycles. The summed E-state index contributed by atoms with van der Waals surface area (Å²) in [7, 11) is 0. The molecule has 1 rings (SSSR count). The molecule has 0 bridgehead atoms. The molecule has 0 spiro atoms. The van der Waals surface area contributed by atoms with Crippen molar-refractivity contribution in [3.8, 4) is 5.75 Å². The molecule has 78 valence electrons. The predicted molar refractivity (Wildman–Crippen MR) is 55.3 cm³/mol. The lowest BCUT2D eigenvalue weighted by Crippen LogP contribution is -2.08. The van der Waals surface area contributed by atoms with Crippen LogP contribution in [0.2, 0.25) is 0 Å². The fraction of sp³-hybridized carbons (Fsp3) is 0.333. The van der Waals surface area contributed by atoms with Crippen molar-refractivity contribution < 1.29 is 17.9 Å². The quantitative estimate of drug-likeness (QED) is 0.756. The summed E-state index contributed by atoms with van der Waals surface area (Å²) in [5.41, 5.74) is -0.722. The molecule has 1 nitrogen and oxygen atoms in total. The summed E-state index contributed by atoms with van der Waals surface area (Å²) < 4.78 is 42.9. The van der Waals surface area contributed by atoms with Gasteiger partial charge in [0, 0.05) is 3.57 Å². The second-order valence-corrected chi connectivity index (χ2v) is 3.82. The Morgan fingerprint density at radius 2 is 2.00 bits per heavy atom. The lowest BCUT2D eigenvalue weighted by molar-refractivity contribution is -0.138. The average molecular weight is 316 g/mol. The van der Waals surface area contributed by atoms with Gasteiger partial charge in [-0.2, -0.15) is 13.2 Å². The number of alkyl halides is 3. The highest BCUT2D eigenvalue weighted by Crippen LogP contribution is 2.36. The Labute approximate surface area is 93.4 Å². The van der Waals surface area contributed by atoms with Crippen LogP contribution in [0.1, 0.15) is 12.5 Å². The highest BCUT2D eigenvalue weighted by atomic mass is 127. The van der Waals surface area contributed by atoms with Crippen LogP contribution in [0.25, 0.3) is 0 Å². The summed E-state index contributed by atoms with van der Waals surface area (Å²) in [5.74, 6) is -0.105. The van der Waals surface area contributed by atoms with E-state index in [1.54, 1.807) is 6.92 Å². The summed E-state index contributed by atoms with van der Waals surface area (Å²) >= 11 is 1.94. The zero-order chi connectivity index (χ0) is 10.8. The van der Waals surface area contributed by atoms with E-state index in [2.05, 4.69) is 0 Å². The predicted octanol–water partition coefficient (Wildman–Crippen LogP) is 3.71. The summed E-state index contributed by atoms with van der Waals surface area (Å²) in [6.07, 6.45) is -4.35. The second kappa shape index (κ2) is 4.37. The fourth-order valence-corrected chi connectivity index (χ4v) is 1.47. The van der Waals surface area contributed by atoms with Crippen LogP contribution in [0, 0.1) is 3.57 Å². The molecule has 0 unspecified atom stereocenters. The van der Waals surface area contributed by atoms with Crippen LogP contribution in [0.5, 0.6) is 5.75 Å². The third-order valence-corrected chi connectivity index (χ3v) is 2.22. The Morgan fingerprint density at radius 1 is 1.36 bits per heavy atom. The Hall–Kier alpha value is -0.460. The monoisotopic (exact) mass is 316 g/mol. The first-order valence-electron chi connectivity index (χ1n) is 3.94. The van der Waals surface area contributed by atoms with E-state index in [1.165, 1.54) is 12.1 Å². The lowest BCUT2D eigenvalue weighted by atomic mass is 10.2. The van der Waals surface area contributed by atoms with Crippen LogP contribution in [-0.4, -0.2) is 6.61 Å². The van der Waals surface area contributed by atoms with E-state index in [0.717, 1.165) is 9.64 Å². The highest BCUT2D eigenvalue weighted by molar-refractivity contribution is 14.1. The largest absolute Gasteiger partial charge is 0.493 e. The first kappa shape index (κ1) is 11.6. The van der Waals surface area contributed by atoms with E-state index in [9.17, 15) is 13.2 Å². The molecule has 5 heteroatoms. The summed E-state index contributed by atoms with van der Waals surface area (Å²) in [4.78, 5) is 0. The number of hydrogen-bond acceptors (Lipinski definition) is 1. The molecule has 1 aromatic carbocycles. The van der Waals surface area contributed by atoms with Crippen LogP contribution in [0.4, 0.5) is 13.2 Å². The van der Waals surface area contributed by atoms with Gasteiger partial charge in [0.1, 0.15) is 5.75 Å². The Bertz CT molecular complexity index is 322. The van der Waals surface area contributed by atoms with Crippen molar-refractivity contribution >= 4 is 22.6 Å². The van der Waals surface area contributed by atoms with E-state index < -0.39 is 11.7 Å². The van der Waals surface area contributed by atoms with Gasteiger partial charge < -0.3 is 4.74 Å². The molecular formula is C9H8F3IO. The van der Waals surface area contributed by atoms with Gasteiger partial charge in [0.15, 0.2) is 0 Å². The van der Waals surface area contributed by atoms with Gasteiger partial charge in [0.2, 0.25) is 0 Å². The Morgan fingerprint density at radius 3 is 2.50 bits per heavy atom. The molecule has 1 aromatic rings.